The average Bonchev–Trinajstić information content (AvgIpc) is 2.60. The number of anilines is 1. The summed E-state index contributed by atoms with van der Waals surface area (Å²) in [6, 6.07) is 8.98. The van der Waals surface area contributed by atoms with Gasteiger partial charge < -0.3 is 19.3 Å². The first-order valence-electron chi connectivity index (χ1n) is 9.67. The van der Waals surface area contributed by atoms with E-state index in [4.69, 9.17) is 9.47 Å². The van der Waals surface area contributed by atoms with Gasteiger partial charge in [-0.3, -0.25) is 4.90 Å². The van der Waals surface area contributed by atoms with E-state index in [9.17, 15) is 4.79 Å². The summed E-state index contributed by atoms with van der Waals surface area (Å²) in [6.45, 7) is 8.66. The highest BCUT2D eigenvalue weighted by Gasteiger charge is 2.53. The zero-order chi connectivity index (χ0) is 18.1. The Morgan fingerprint density at radius 2 is 1.77 bits per heavy atom. The SMILES string of the molecule is CCOC(=O)N1CCC(N2CC3(CN(c4ccc(OC)cc4)C3)C2)CC1. The minimum atomic E-state index is -0.153. The number of hydrogen-bond acceptors (Lipinski definition) is 5. The molecule has 0 saturated carbocycles. The third kappa shape index (κ3) is 3.22. The molecule has 0 N–H and O–H groups in total. The Labute approximate surface area is 155 Å². The fourth-order valence-electron chi connectivity index (χ4n) is 4.64. The van der Waals surface area contributed by atoms with E-state index in [2.05, 4.69) is 21.9 Å². The molecule has 3 aliphatic heterocycles. The van der Waals surface area contributed by atoms with E-state index in [1.165, 1.54) is 18.8 Å². The monoisotopic (exact) mass is 359 g/mol. The lowest BCUT2D eigenvalue weighted by Gasteiger charge is -2.63. The minimum Gasteiger partial charge on any atom is -0.497 e. The van der Waals surface area contributed by atoms with Gasteiger partial charge in [0.25, 0.3) is 0 Å². The molecule has 4 rings (SSSR count). The predicted octanol–water partition coefficient (Wildman–Crippen LogP) is 2.44. The van der Waals surface area contributed by atoms with Gasteiger partial charge in [-0.2, -0.15) is 0 Å². The average molecular weight is 359 g/mol. The highest BCUT2D eigenvalue weighted by atomic mass is 16.6. The maximum absolute atomic E-state index is 11.8. The van der Waals surface area contributed by atoms with E-state index in [1.807, 2.05) is 24.0 Å². The Kier molecular flexibility index (Phi) is 4.69. The smallest absolute Gasteiger partial charge is 0.409 e. The molecule has 3 fully saturated rings. The molecule has 1 amide bonds. The predicted molar refractivity (Wildman–Crippen MR) is 101 cm³/mol. The van der Waals surface area contributed by atoms with Gasteiger partial charge in [-0.15, -0.1) is 0 Å². The third-order valence-corrected chi connectivity index (χ3v) is 6.07. The van der Waals surface area contributed by atoms with Crippen LogP contribution in [0.2, 0.25) is 0 Å². The molecular formula is C20H29N3O3. The molecule has 6 heteroatoms. The molecule has 0 aliphatic carbocycles. The van der Waals surface area contributed by atoms with Crippen molar-refractivity contribution < 1.29 is 14.3 Å². The van der Waals surface area contributed by atoms with Gasteiger partial charge in [0, 0.05) is 56.4 Å². The maximum Gasteiger partial charge on any atom is 0.409 e. The molecule has 1 spiro atoms. The van der Waals surface area contributed by atoms with Crippen molar-refractivity contribution in [2.24, 2.45) is 5.41 Å². The van der Waals surface area contributed by atoms with Crippen molar-refractivity contribution >= 4 is 11.8 Å². The summed E-state index contributed by atoms with van der Waals surface area (Å²) >= 11 is 0. The molecule has 3 heterocycles. The molecule has 0 aromatic heterocycles. The summed E-state index contributed by atoms with van der Waals surface area (Å²) in [5, 5.41) is 0. The molecule has 0 atom stereocenters. The number of carbonyl (C=O) groups excluding carboxylic acids is 1. The van der Waals surface area contributed by atoms with Crippen molar-refractivity contribution in [2.45, 2.75) is 25.8 Å². The third-order valence-electron chi connectivity index (χ3n) is 6.07. The number of carbonyl (C=O) groups is 1. The first kappa shape index (κ1) is 17.5. The van der Waals surface area contributed by atoms with Gasteiger partial charge in [0.15, 0.2) is 0 Å². The zero-order valence-corrected chi connectivity index (χ0v) is 15.8. The summed E-state index contributed by atoms with van der Waals surface area (Å²) < 4.78 is 10.3. The molecule has 3 aliphatic rings. The van der Waals surface area contributed by atoms with Crippen LogP contribution in [-0.4, -0.2) is 74.9 Å². The second-order valence-corrected chi connectivity index (χ2v) is 7.88. The highest BCUT2D eigenvalue weighted by Crippen LogP contribution is 2.43. The summed E-state index contributed by atoms with van der Waals surface area (Å²) in [5.41, 5.74) is 1.77. The number of nitrogens with zero attached hydrogens (tertiary/aromatic N) is 3. The molecule has 1 aromatic rings. The minimum absolute atomic E-state index is 0.153. The van der Waals surface area contributed by atoms with Crippen LogP contribution in [0.5, 0.6) is 5.75 Å². The van der Waals surface area contributed by atoms with Gasteiger partial charge in [-0.1, -0.05) is 0 Å². The Balaban J connectivity index is 1.21. The Bertz CT molecular complexity index is 626. The number of benzene rings is 1. The number of hydrogen-bond donors (Lipinski definition) is 0. The molecule has 26 heavy (non-hydrogen) atoms. The van der Waals surface area contributed by atoms with Crippen molar-refractivity contribution in [1.29, 1.82) is 0 Å². The quantitative estimate of drug-likeness (QED) is 0.826. The molecule has 1 aromatic carbocycles. The van der Waals surface area contributed by atoms with Gasteiger partial charge in [-0.25, -0.2) is 4.79 Å². The Hall–Kier alpha value is -1.95. The van der Waals surface area contributed by atoms with Crippen molar-refractivity contribution in [3.63, 3.8) is 0 Å². The van der Waals surface area contributed by atoms with Gasteiger partial charge in [0.1, 0.15) is 5.75 Å². The molecule has 0 radical (unpaired) electrons. The largest absolute Gasteiger partial charge is 0.497 e. The zero-order valence-electron chi connectivity index (χ0n) is 15.8. The summed E-state index contributed by atoms with van der Waals surface area (Å²) in [4.78, 5) is 18.7. The molecular weight excluding hydrogens is 330 g/mol. The van der Waals surface area contributed by atoms with Crippen LogP contribution in [0.4, 0.5) is 10.5 Å². The Morgan fingerprint density at radius 1 is 1.12 bits per heavy atom. The summed E-state index contributed by atoms with van der Waals surface area (Å²) in [6.07, 6.45) is 1.98. The molecule has 6 nitrogen and oxygen atoms in total. The summed E-state index contributed by atoms with van der Waals surface area (Å²) in [7, 11) is 1.70. The van der Waals surface area contributed by atoms with E-state index >= 15 is 0 Å². The fourth-order valence-corrected chi connectivity index (χ4v) is 4.64. The number of likely N-dealkylation sites (tertiary alicyclic amines) is 2. The highest BCUT2D eigenvalue weighted by molar-refractivity contribution is 5.67. The molecule has 0 unspecified atom stereocenters. The fraction of sp³-hybridized carbons (Fsp3) is 0.650. The molecule has 0 bridgehead atoms. The van der Waals surface area contributed by atoms with Crippen LogP contribution in [0.1, 0.15) is 19.8 Å². The van der Waals surface area contributed by atoms with Crippen LogP contribution in [-0.2, 0) is 4.74 Å². The van der Waals surface area contributed by atoms with Crippen LogP contribution < -0.4 is 9.64 Å². The Morgan fingerprint density at radius 3 is 2.35 bits per heavy atom. The van der Waals surface area contributed by atoms with E-state index in [0.29, 0.717) is 18.1 Å². The van der Waals surface area contributed by atoms with Gasteiger partial charge in [0.05, 0.1) is 13.7 Å². The van der Waals surface area contributed by atoms with Crippen LogP contribution in [0, 0.1) is 5.41 Å². The van der Waals surface area contributed by atoms with Gasteiger partial charge in [0.2, 0.25) is 0 Å². The number of rotatable bonds is 4. The van der Waals surface area contributed by atoms with E-state index in [0.717, 1.165) is 44.8 Å². The van der Waals surface area contributed by atoms with Crippen molar-refractivity contribution in [3.05, 3.63) is 24.3 Å². The van der Waals surface area contributed by atoms with Crippen LogP contribution in [0.25, 0.3) is 0 Å². The van der Waals surface area contributed by atoms with Crippen molar-refractivity contribution in [3.8, 4) is 5.75 Å². The number of piperidine rings is 1. The number of methoxy groups -OCH3 is 1. The normalized spacial score (nSPS) is 22.7. The van der Waals surface area contributed by atoms with Crippen LogP contribution in [0.15, 0.2) is 24.3 Å². The van der Waals surface area contributed by atoms with E-state index in [-0.39, 0.29) is 6.09 Å². The summed E-state index contributed by atoms with van der Waals surface area (Å²) in [5.74, 6) is 0.910. The molecule has 3 saturated heterocycles. The number of ether oxygens (including phenoxy) is 2. The van der Waals surface area contributed by atoms with Crippen LogP contribution in [0.3, 0.4) is 0 Å². The van der Waals surface area contributed by atoms with Crippen LogP contribution >= 0.6 is 0 Å². The second kappa shape index (κ2) is 6.99. The van der Waals surface area contributed by atoms with Gasteiger partial charge >= 0.3 is 6.09 Å². The topological polar surface area (TPSA) is 45.2 Å². The first-order valence-corrected chi connectivity index (χ1v) is 9.67. The van der Waals surface area contributed by atoms with Crippen molar-refractivity contribution in [2.75, 3.05) is 57.9 Å². The molecule has 142 valence electrons. The lowest BCUT2D eigenvalue weighted by Crippen LogP contribution is -2.74. The van der Waals surface area contributed by atoms with Gasteiger partial charge in [-0.05, 0) is 44.0 Å². The number of amides is 1. The first-order chi connectivity index (χ1) is 12.6. The van der Waals surface area contributed by atoms with E-state index < -0.39 is 0 Å². The van der Waals surface area contributed by atoms with E-state index in [1.54, 1.807) is 7.11 Å². The lowest BCUT2D eigenvalue weighted by atomic mass is 9.71. The van der Waals surface area contributed by atoms with Crippen molar-refractivity contribution in [1.82, 2.24) is 9.80 Å². The standard InChI is InChI=1S/C20H29N3O3/c1-3-26-19(24)21-10-8-17(9-11-21)23-14-20(15-23)12-22(13-20)16-4-6-18(25-2)7-5-16/h4-7,17H,3,8-15H2,1-2H3. The lowest BCUT2D eigenvalue weighted by molar-refractivity contribution is -0.0629. The maximum atomic E-state index is 11.8. The second-order valence-electron chi connectivity index (χ2n) is 7.88.